The van der Waals surface area contributed by atoms with E-state index in [1.807, 2.05) is 46.7 Å². The van der Waals surface area contributed by atoms with Crippen molar-refractivity contribution in [1.29, 1.82) is 0 Å². The summed E-state index contributed by atoms with van der Waals surface area (Å²) in [6, 6.07) is 15.7. The van der Waals surface area contributed by atoms with Crippen LogP contribution in [0.2, 0.25) is 0 Å². The second-order valence-corrected chi connectivity index (χ2v) is 6.24. The second kappa shape index (κ2) is 5.42. The molecule has 2 aromatic heterocycles. The molecule has 1 amide bonds. The molecule has 0 bridgehead atoms. The molecule has 0 saturated carbocycles. The molecule has 1 fully saturated rings. The lowest BCUT2D eigenvalue weighted by molar-refractivity contribution is 0.0457. The molecule has 0 spiro atoms. The zero-order valence-corrected chi connectivity index (χ0v) is 12.6. The van der Waals surface area contributed by atoms with Crippen LogP contribution in [0.15, 0.2) is 58.4 Å². The molecule has 1 atom stereocenters. The number of amides is 1. The van der Waals surface area contributed by atoms with Gasteiger partial charge in [-0.3, -0.25) is 4.79 Å². The summed E-state index contributed by atoms with van der Waals surface area (Å²) in [6.07, 6.45) is 1.01. The van der Waals surface area contributed by atoms with Crippen molar-refractivity contribution in [3.8, 4) is 11.3 Å². The van der Waals surface area contributed by atoms with Crippen LogP contribution in [0.4, 0.5) is 0 Å². The molecule has 3 heterocycles. The van der Waals surface area contributed by atoms with Crippen molar-refractivity contribution in [1.82, 2.24) is 10.1 Å². The van der Waals surface area contributed by atoms with Gasteiger partial charge in [0, 0.05) is 23.1 Å². The molecule has 22 heavy (non-hydrogen) atoms. The summed E-state index contributed by atoms with van der Waals surface area (Å²) < 4.78 is 5.32. The summed E-state index contributed by atoms with van der Waals surface area (Å²) >= 11 is 1.69. The standard InChI is InChI=1S/C17H14N2O2S/c20-17(19-9-8-14(19)16-7-4-10-22-16)13-11-15(21-18-13)12-5-2-1-3-6-12/h1-7,10-11,14H,8-9H2/t14-/m1/s1. The van der Waals surface area contributed by atoms with E-state index in [2.05, 4.69) is 11.2 Å². The van der Waals surface area contributed by atoms with Crippen LogP contribution in [0.5, 0.6) is 0 Å². The number of rotatable bonds is 3. The van der Waals surface area contributed by atoms with E-state index in [1.54, 1.807) is 17.4 Å². The smallest absolute Gasteiger partial charge is 0.276 e. The third-order valence-corrected chi connectivity index (χ3v) is 4.91. The van der Waals surface area contributed by atoms with E-state index in [4.69, 9.17) is 4.52 Å². The Kier molecular flexibility index (Phi) is 3.27. The largest absolute Gasteiger partial charge is 0.355 e. The Bertz CT molecular complexity index is 780. The number of likely N-dealkylation sites (tertiary alicyclic amines) is 1. The maximum absolute atomic E-state index is 12.6. The first-order chi connectivity index (χ1) is 10.8. The Hall–Kier alpha value is -2.40. The van der Waals surface area contributed by atoms with Crippen molar-refractivity contribution < 1.29 is 9.32 Å². The molecule has 0 radical (unpaired) electrons. The van der Waals surface area contributed by atoms with Crippen molar-refractivity contribution in [3.63, 3.8) is 0 Å². The predicted molar refractivity (Wildman–Crippen MR) is 84.7 cm³/mol. The number of carbonyl (C=O) groups excluding carboxylic acids is 1. The molecule has 4 rings (SSSR count). The zero-order valence-electron chi connectivity index (χ0n) is 11.8. The molecule has 1 saturated heterocycles. The lowest BCUT2D eigenvalue weighted by Gasteiger charge is -2.39. The Morgan fingerprint density at radius 2 is 2.09 bits per heavy atom. The van der Waals surface area contributed by atoms with Crippen molar-refractivity contribution in [2.24, 2.45) is 0 Å². The molecule has 1 aromatic carbocycles. The molecular formula is C17H14N2O2S. The number of hydrogen-bond donors (Lipinski definition) is 0. The van der Waals surface area contributed by atoms with E-state index in [-0.39, 0.29) is 11.9 Å². The first-order valence-electron chi connectivity index (χ1n) is 7.19. The monoisotopic (exact) mass is 310 g/mol. The van der Waals surface area contributed by atoms with Crippen molar-refractivity contribution in [2.45, 2.75) is 12.5 Å². The van der Waals surface area contributed by atoms with Crippen LogP contribution in [0, 0.1) is 0 Å². The summed E-state index contributed by atoms with van der Waals surface area (Å²) in [4.78, 5) is 15.7. The van der Waals surface area contributed by atoms with Gasteiger partial charge in [0.15, 0.2) is 11.5 Å². The van der Waals surface area contributed by atoms with E-state index in [9.17, 15) is 4.79 Å². The van der Waals surface area contributed by atoms with Gasteiger partial charge < -0.3 is 9.42 Å². The molecule has 0 N–H and O–H groups in total. The molecule has 0 unspecified atom stereocenters. The van der Waals surface area contributed by atoms with Gasteiger partial charge in [0.25, 0.3) is 5.91 Å². The Labute approximate surface area is 132 Å². The van der Waals surface area contributed by atoms with Crippen LogP contribution >= 0.6 is 11.3 Å². The van der Waals surface area contributed by atoms with E-state index in [0.29, 0.717) is 11.5 Å². The summed E-state index contributed by atoms with van der Waals surface area (Å²) in [5, 5.41) is 5.99. The fourth-order valence-electron chi connectivity index (χ4n) is 2.67. The average molecular weight is 310 g/mol. The number of nitrogens with zero attached hydrogens (tertiary/aromatic N) is 2. The lowest BCUT2D eigenvalue weighted by Crippen LogP contribution is -2.44. The van der Waals surface area contributed by atoms with Gasteiger partial charge in [-0.2, -0.15) is 0 Å². The minimum absolute atomic E-state index is 0.0596. The van der Waals surface area contributed by atoms with E-state index in [1.165, 1.54) is 4.88 Å². The normalized spacial score (nSPS) is 17.3. The Morgan fingerprint density at radius 3 is 2.77 bits per heavy atom. The minimum Gasteiger partial charge on any atom is -0.355 e. The molecule has 4 nitrogen and oxygen atoms in total. The Balaban J connectivity index is 1.55. The third kappa shape index (κ3) is 2.23. The topological polar surface area (TPSA) is 46.3 Å². The Morgan fingerprint density at radius 1 is 1.23 bits per heavy atom. The van der Waals surface area contributed by atoms with Crippen LogP contribution in [0.3, 0.4) is 0 Å². The van der Waals surface area contributed by atoms with Crippen molar-refractivity contribution >= 4 is 17.2 Å². The summed E-state index contributed by atoms with van der Waals surface area (Å²) in [6.45, 7) is 0.773. The van der Waals surface area contributed by atoms with Crippen molar-refractivity contribution in [3.05, 3.63) is 64.5 Å². The quantitative estimate of drug-likeness (QED) is 0.735. The molecule has 3 aromatic rings. The number of benzene rings is 1. The molecule has 1 aliphatic rings. The van der Waals surface area contributed by atoms with Gasteiger partial charge in [-0.1, -0.05) is 41.6 Å². The van der Waals surface area contributed by atoms with Gasteiger partial charge in [0.1, 0.15) is 0 Å². The van der Waals surface area contributed by atoms with Crippen LogP contribution in [0.1, 0.15) is 27.8 Å². The highest BCUT2D eigenvalue weighted by molar-refractivity contribution is 7.10. The molecular weight excluding hydrogens is 296 g/mol. The zero-order chi connectivity index (χ0) is 14.9. The van der Waals surface area contributed by atoms with Crippen LogP contribution in [-0.4, -0.2) is 22.5 Å². The van der Waals surface area contributed by atoms with Gasteiger partial charge in [-0.05, 0) is 17.9 Å². The predicted octanol–water partition coefficient (Wildman–Crippen LogP) is 3.99. The third-order valence-electron chi connectivity index (χ3n) is 3.94. The van der Waals surface area contributed by atoms with E-state index in [0.717, 1.165) is 18.5 Å². The molecule has 1 aliphatic heterocycles. The van der Waals surface area contributed by atoms with Gasteiger partial charge in [-0.15, -0.1) is 11.3 Å². The number of carbonyl (C=O) groups is 1. The molecule has 110 valence electrons. The number of hydrogen-bond acceptors (Lipinski definition) is 4. The minimum atomic E-state index is -0.0596. The van der Waals surface area contributed by atoms with Gasteiger partial charge >= 0.3 is 0 Å². The first-order valence-corrected chi connectivity index (χ1v) is 8.07. The first kappa shape index (κ1) is 13.3. The summed E-state index contributed by atoms with van der Waals surface area (Å²) in [5.41, 5.74) is 1.30. The maximum atomic E-state index is 12.6. The SMILES string of the molecule is O=C(c1cc(-c2ccccc2)on1)N1CC[C@@H]1c1cccs1. The van der Waals surface area contributed by atoms with Gasteiger partial charge in [0.2, 0.25) is 0 Å². The van der Waals surface area contributed by atoms with Gasteiger partial charge in [-0.25, -0.2) is 0 Å². The highest BCUT2D eigenvalue weighted by Crippen LogP contribution is 2.36. The fourth-order valence-corrected chi connectivity index (χ4v) is 3.54. The molecule has 5 heteroatoms. The summed E-state index contributed by atoms with van der Waals surface area (Å²) in [5.74, 6) is 0.563. The second-order valence-electron chi connectivity index (χ2n) is 5.26. The highest BCUT2D eigenvalue weighted by atomic mass is 32.1. The highest BCUT2D eigenvalue weighted by Gasteiger charge is 2.35. The van der Waals surface area contributed by atoms with Crippen molar-refractivity contribution in [2.75, 3.05) is 6.54 Å². The van der Waals surface area contributed by atoms with E-state index < -0.39 is 0 Å². The van der Waals surface area contributed by atoms with Crippen LogP contribution in [0.25, 0.3) is 11.3 Å². The number of thiophene rings is 1. The number of aromatic nitrogens is 1. The van der Waals surface area contributed by atoms with Gasteiger partial charge in [0.05, 0.1) is 6.04 Å². The average Bonchev–Trinajstić information content (AvgIpc) is 3.18. The molecule has 0 aliphatic carbocycles. The maximum Gasteiger partial charge on any atom is 0.276 e. The lowest BCUT2D eigenvalue weighted by atomic mass is 10.0. The van der Waals surface area contributed by atoms with Crippen LogP contribution < -0.4 is 0 Å². The fraction of sp³-hybridized carbons (Fsp3) is 0.176. The summed E-state index contributed by atoms with van der Waals surface area (Å²) in [7, 11) is 0. The van der Waals surface area contributed by atoms with E-state index >= 15 is 0 Å². The van der Waals surface area contributed by atoms with Crippen LogP contribution in [-0.2, 0) is 0 Å².